The van der Waals surface area contributed by atoms with Crippen LogP contribution in [0.25, 0.3) is 0 Å². The van der Waals surface area contributed by atoms with E-state index in [9.17, 15) is 18.0 Å². The number of carbonyl (C=O) groups excluding carboxylic acids is 1. The quantitative estimate of drug-likeness (QED) is 0.902. The van der Waals surface area contributed by atoms with Gasteiger partial charge in [0.25, 0.3) is 5.91 Å². The maximum Gasteiger partial charge on any atom is 0.416 e. The summed E-state index contributed by atoms with van der Waals surface area (Å²) in [6, 6.07) is 2.80. The van der Waals surface area contributed by atoms with Crippen LogP contribution in [0.5, 0.6) is 5.75 Å². The van der Waals surface area contributed by atoms with E-state index in [-0.39, 0.29) is 11.3 Å². The van der Waals surface area contributed by atoms with Crippen LogP contribution in [0.15, 0.2) is 18.2 Å². The normalized spacial score (nSPS) is 11.6. The second-order valence-electron chi connectivity index (χ2n) is 4.47. The van der Waals surface area contributed by atoms with Crippen LogP contribution < -0.4 is 10.1 Å². The van der Waals surface area contributed by atoms with Crippen LogP contribution in [-0.4, -0.2) is 45.1 Å². The molecule has 0 spiro atoms. The van der Waals surface area contributed by atoms with Gasteiger partial charge < -0.3 is 15.0 Å². The zero-order valence-corrected chi connectivity index (χ0v) is 11.5. The molecule has 7 heteroatoms. The van der Waals surface area contributed by atoms with Crippen LogP contribution in [-0.2, 0) is 6.18 Å². The zero-order chi connectivity index (χ0) is 15.3. The van der Waals surface area contributed by atoms with Gasteiger partial charge in [-0.1, -0.05) is 0 Å². The van der Waals surface area contributed by atoms with Gasteiger partial charge in [-0.15, -0.1) is 0 Å². The molecule has 1 rings (SSSR count). The Hall–Kier alpha value is -1.76. The van der Waals surface area contributed by atoms with E-state index in [0.717, 1.165) is 18.2 Å². The Labute approximate surface area is 115 Å². The average molecular weight is 290 g/mol. The Bertz CT molecular complexity index is 473. The summed E-state index contributed by atoms with van der Waals surface area (Å²) in [5.41, 5.74) is -0.765. The molecule has 0 bridgehead atoms. The number of carbonyl (C=O) groups is 1. The maximum atomic E-state index is 12.6. The number of methoxy groups -OCH3 is 1. The fourth-order valence-electron chi connectivity index (χ4n) is 1.54. The van der Waals surface area contributed by atoms with Crippen molar-refractivity contribution >= 4 is 5.91 Å². The van der Waals surface area contributed by atoms with Crippen molar-refractivity contribution in [2.24, 2.45) is 0 Å². The lowest BCUT2D eigenvalue weighted by molar-refractivity contribution is -0.137. The Morgan fingerprint density at radius 3 is 2.50 bits per heavy atom. The largest absolute Gasteiger partial charge is 0.496 e. The zero-order valence-electron chi connectivity index (χ0n) is 11.5. The number of likely N-dealkylation sites (N-methyl/N-ethyl adjacent to an activating group) is 1. The van der Waals surface area contributed by atoms with Crippen molar-refractivity contribution in [1.82, 2.24) is 10.2 Å². The first kappa shape index (κ1) is 16.3. The summed E-state index contributed by atoms with van der Waals surface area (Å²) in [6.07, 6.45) is -4.47. The van der Waals surface area contributed by atoms with E-state index in [1.165, 1.54) is 7.11 Å². The highest BCUT2D eigenvalue weighted by atomic mass is 19.4. The first-order chi connectivity index (χ1) is 9.25. The van der Waals surface area contributed by atoms with Gasteiger partial charge in [0.15, 0.2) is 0 Å². The molecule has 0 fully saturated rings. The minimum absolute atomic E-state index is 0.0826. The molecule has 1 aromatic carbocycles. The maximum absolute atomic E-state index is 12.6. The third-order valence-corrected chi connectivity index (χ3v) is 2.62. The SMILES string of the molecule is COc1cc(C(F)(F)F)ccc1C(=O)NCCN(C)C. The number of alkyl halides is 3. The number of hydrogen-bond donors (Lipinski definition) is 1. The number of nitrogens with one attached hydrogen (secondary N) is 1. The number of nitrogens with zero attached hydrogens (tertiary/aromatic N) is 1. The molecule has 0 heterocycles. The monoisotopic (exact) mass is 290 g/mol. The molecule has 0 saturated carbocycles. The van der Waals surface area contributed by atoms with Gasteiger partial charge in [-0.25, -0.2) is 0 Å². The highest BCUT2D eigenvalue weighted by Gasteiger charge is 2.31. The van der Waals surface area contributed by atoms with Crippen LogP contribution >= 0.6 is 0 Å². The number of rotatable bonds is 5. The standard InChI is InChI=1S/C13H17F3N2O2/c1-18(2)7-6-17-12(19)10-5-4-9(13(14,15)16)8-11(10)20-3/h4-5,8H,6-7H2,1-3H3,(H,17,19). The molecule has 1 N–H and O–H groups in total. The molecule has 1 amide bonds. The summed E-state index contributed by atoms with van der Waals surface area (Å²) in [5.74, 6) is -0.556. The molecule has 20 heavy (non-hydrogen) atoms. The number of benzene rings is 1. The molecule has 0 radical (unpaired) electrons. The summed E-state index contributed by atoms with van der Waals surface area (Å²) in [7, 11) is 4.93. The number of amides is 1. The third kappa shape index (κ3) is 4.41. The number of halogens is 3. The summed E-state index contributed by atoms with van der Waals surface area (Å²) >= 11 is 0. The molecule has 0 unspecified atom stereocenters. The molecular formula is C13H17F3N2O2. The molecular weight excluding hydrogens is 273 g/mol. The Morgan fingerprint density at radius 2 is 2.00 bits per heavy atom. The van der Waals surface area contributed by atoms with Crippen molar-refractivity contribution in [3.8, 4) is 5.75 Å². The smallest absolute Gasteiger partial charge is 0.416 e. The fourth-order valence-corrected chi connectivity index (χ4v) is 1.54. The molecule has 0 aromatic heterocycles. The molecule has 112 valence electrons. The van der Waals surface area contributed by atoms with Crippen molar-refractivity contribution < 1.29 is 22.7 Å². The highest BCUT2D eigenvalue weighted by Crippen LogP contribution is 2.32. The first-order valence-electron chi connectivity index (χ1n) is 5.94. The third-order valence-electron chi connectivity index (χ3n) is 2.62. The van der Waals surface area contributed by atoms with Gasteiger partial charge in [0.05, 0.1) is 18.2 Å². The summed E-state index contributed by atoms with van der Waals surface area (Å²) in [4.78, 5) is 13.8. The highest BCUT2D eigenvalue weighted by molar-refractivity contribution is 5.97. The second-order valence-corrected chi connectivity index (χ2v) is 4.47. The predicted molar refractivity (Wildman–Crippen MR) is 68.9 cm³/mol. The van der Waals surface area contributed by atoms with Gasteiger partial charge in [-0.3, -0.25) is 4.79 Å². The molecule has 1 aromatic rings. The minimum Gasteiger partial charge on any atom is -0.496 e. The van der Waals surface area contributed by atoms with Crippen molar-refractivity contribution in [3.63, 3.8) is 0 Å². The summed E-state index contributed by atoms with van der Waals surface area (Å²) in [5, 5.41) is 2.62. The topological polar surface area (TPSA) is 41.6 Å². The molecule has 4 nitrogen and oxygen atoms in total. The van der Waals surface area contributed by atoms with Gasteiger partial charge in [-0.2, -0.15) is 13.2 Å². The van der Waals surface area contributed by atoms with Crippen molar-refractivity contribution in [2.45, 2.75) is 6.18 Å². The van der Waals surface area contributed by atoms with Gasteiger partial charge in [0, 0.05) is 13.1 Å². The summed E-state index contributed by atoms with van der Waals surface area (Å²) < 4.78 is 42.6. The lowest BCUT2D eigenvalue weighted by Crippen LogP contribution is -2.31. The lowest BCUT2D eigenvalue weighted by atomic mass is 10.1. The van der Waals surface area contributed by atoms with E-state index in [4.69, 9.17) is 4.74 Å². The van der Waals surface area contributed by atoms with Crippen LogP contribution in [0, 0.1) is 0 Å². The van der Waals surface area contributed by atoms with Crippen LogP contribution in [0.1, 0.15) is 15.9 Å². The van der Waals surface area contributed by atoms with Crippen molar-refractivity contribution in [1.29, 1.82) is 0 Å². The van der Waals surface area contributed by atoms with Crippen molar-refractivity contribution in [3.05, 3.63) is 29.3 Å². The number of ether oxygens (including phenoxy) is 1. The predicted octanol–water partition coefficient (Wildman–Crippen LogP) is 2.01. The Morgan fingerprint density at radius 1 is 1.35 bits per heavy atom. The van der Waals surface area contributed by atoms with Crippen LogP contribution in [0.4, 0.5) is 13.2 Å². The van der Waals surface area contributed by atoms with E-state index >= 15 is 0 Å². The number of hydrogen-bond acceptors (Lipinski definition) is 3. The van der Waals surface area contributed by atoms with Gasteiger partial charge in [-0.05, 0) is 32.3 Å². The summed E-state index contributed by atoms with van der Waals surface area (Å²) in [6.45, 7) is 1.03. The molecule has 0 aliphatic carbocycles. The van der Waals surface area contributed by atoms with E-state index in [1.807, 2.05) is 19.0 Å². The van der Waals surface area contributed by atoms with Gasteiger partial charge in [0.2, 0.25) is 0 Å². The molecule has 0 aliphatic rings. The van der Waals surface area contributed by atoms with Crippen LogP contribution in [0.2, 0.25) is 0 Å². The first-order valence-corrected chi connectivity index (χ1v) is 5.94. The van der Waals surface area contributed by atoms with Gasteiger partial charge in [0.1, 0.15) is 5.75 Å². The van der Waals surface area contributed by atoms with E-state index in [2.05, 4.69) is 5.32 Å². The van der Waals surface area contributed by atoms with Crippen molar-refractivity contribution in [2.75, 3.05) is 34.3 Å². The lowest BCUT2D eigenvalue weighted by Gasteiger charge is -2.14. The van der Waals surface area contributed by atoms with E-state index in [1.54, 1.807) is 0 Å². The Balaban J connectivity index is 2.87. The molecule has 0 saturated heterocycles. The van der Waals surface area contributed by atoms with E-state index in [0.29, 0.717) is 13.1 Å². The minimum atomic E-state index is -4.47. The van der Waals surface area contributed by atoms with Crippen LogP contribution in [0.3, 0.4) is 0 Å². The molecule has 0 atom stereocenters. The second kappa shape index (κ2) is 6.60. The Kier molecular flexibility index (Phi) is 5.38. The fraction of sp³-hybridized carbons (Fsp3) is 0.462. The molecule has 0 aliphatic heterocycles. The van der Waals surface area contributed by atoms with E-state index < -0.39 is 17.6 Å². The van der Waals surface area contributed by atoms with Gasteiger partial charge >= 0.3 is 6.18 Å². The average Bonchev–Trinajstić information content (AvgIpc) is 2.36.